The molecule has 0 aliphatic heterocycles. The van der Waals surface area contributed by atoms with Crippen LogP contribution in [0.5, 0.6) is 11.5 Å². The first-order valence-electron chi connectivity index (χ1n) is 9.63. The molecule has 2 bridgehead atoms. The Bertz CT molecular complexity index is 996. The zero-order valence-corrected chi connectivity index (χ0v) is 15.6. The van der Waals surface area contributed by atoms with Crippen molar-refractivity contribution in [3.8, 4) is 11.5 Å². The number of hydrogen-bond donors (Lipinski definition) is 0. The van der Waals surface area contributed by atoms with Crippen molar-refractivity contribution in [3.63, 3.8) is 0 Å². The van der Waals surface area contributed by atoms with Gasteiger partial charge in [0.15, 0.2) is 11.5 Å². The summed E-state index contributed by atoms with van der Waals surface area (Å²) in [5.74, 6) is 0.228. The molecule has 0 radical (unpaired) electrons. The van der Waals surface area contributed by atoms with Gasteiger partial charge in [-0.3, -0.25) is 0 Å². The lowest BCUT2D eigenvalue weighted by atomic mass is 9.91. The molecule has 1 aromatic carbocycles. The maximum atomic E-state index is 12.5. The number of carbonyl (C=O) groups is 2. The summed E-state index contributed by atoms with van der Waals surface area (Å²) in [7, 11) is 0. The number of nitrogens with zero attached hydrogens (tertiary/aromatic N) is 2. The zero-order valence-electron chi connectivity index (χ0n) is 15.6. The first-order valence-corrected chi connectivity index (χ1v) is 9.63. The van der Waals surface area contributed by atoms with Gasteiger partial charge in [-0.2, -0.15) is 0 Å². The third-order valence-electron chi connectivity index (χ3n) is 5.62. The molecule has 2 atom stereocenters. The monoisotopic (exact) mass is 386 g/mol. The van der Waals surface area contributed by atoms with Crippen LogP contribution in [0, 0.1) is 0 Å². The topological polar surface area (TPSA) is 78.4 Å². The van der Waals surface area contributed by atoms with Crippen LogP contribution in [0.3, 0.4) is 0 Å². The molecular formula is C23H18N2O4. The van der Waals surface area contributed by atoms with E-state index in [1.165, 1.54) is 23.5 Å². The van der Waals surface area contributed by atoms with Crippen molar-refractivity contribution in [1.82, 2.24) is 9.97 Å². The van der Waals surface area contributed by atoms with Crippen LogP contribution in [0.4, 0.5) is 0 Å². The highest BCUT2D eigenvalue weighted by Crippen LogP contribution is 2.55. The van der Waals surface area contributed by atoms with Gasteiger partial charge in [0, 0.05) is 12.4 Å². The average molecular weight is 386 g/mol. The fraction of sp³-hybridized carbons (Fsp3) is 0.217. The molecule has 1 saturated carbocycles. The van der Waals surface area contributed by atoms with Gasteiger partial charge in [0.2, 0.25) is 0 Å². The van der Waals surface area contributed by atoms with Gasteiger partial charge in [0.05, 0.1) is 0 Å². The summed E-state index contributed by atoms with van der Waals surface area (Å²) < 4.78 is 11.2. The second kappa shape index (κ2) is 7.13. The number of benzene rings is 1. The van der Waals surface area contributed by atoms with Crippen molar-refractivity contribution >= 4 is 11.9 Å². The van der Waals surface area contributed by atoms with Gasteiger partial charge < -0.3 is 9.47 Å². The van der Waals surface area contributed by atoms with E-state index in [2.05, 4.69) is 9.97 Å². The number of fused-ring (bicyclic) bond motifs is 5. The molecule has 2 aliphatic carbocycles. The van der Waals surface area contributed by atoms with Crippen LogP contribution in [-0.2, 0) is 0 Å². The molecule has 0 amide bonds. The van der Waals surface area contributed by atoms with Crippen molar-refractivity contribution in [1.29, 1.82) is 0 Å². The molecule has 5 rings (SSSR count). The summed E-state index contributed by atoms with van der Waals surface area (Å²) in [4.78, 5) is 33.2. The maximum absolute atomic E-state index is 12.5. The fourth-order valence-electron chi connectivity index (χ4n) is 4.28. The summed E-state index contributed by atoms with van der Waals surface area (Å²) in [5, 5.41) is 0. The highest BCUT2D eigenvalue weighted by molar-refractivity contribution is 5.91. The van der Waals surface area contributed by atoms with E-state index in [0.29, 0.717) is 11.8 Å². The molecule has 144 valence electrons. The first-order chi connectivity index (χ1) is 14.2. The number of pyridine rings is 2. The minimum absolute atomic E-state index is 0.191. The summed E-state index contributed by atoms with van der Waals surface area (Å²) in [6.07, 6.45) is 6.43. The zero-order chi connectivity index (χ0) is 19.8. The predicted octanol–water partition coefficient (Wildman–Crippen LogP) is 4.28. The highest BCUT2D eigenvalue weighted by atomic mass is 16.6. The Balaban J connectivity index is 1.49. The van der Waals surface area contributed by atoms with E-state index >= 15 is 0 Å². The van der Waals surface area contributed by atoms with Gasteiger partial charge in [-0.1, -0.05) is 12.1 Å². The fourth-order valence-corrected chi connectivity index (χ4v) is 4.28. The van der Waals surface area contributed by atoms with Crippen molar-refractivity contribution in [2.45, 2.75) is 31.1 Å². The van der Waals surface area contributed by atoms with Gasteiger partial charge in [0.25, 0.3) is 0 Å². The molecule has 29 heavy (non-hydrogen) atoms. The Morgan fingerprint density at radius 1 is 0.759 bits per heavy atom. The minimum Gasteiger partial charge on any atom is -0.418 e. The van der Waals surface area contributed by atoms with Crippen LogP contribution >= 0.6 is 0 Å². The van der Waals surface area contributed by atoms with Crippen LogP contribution in [0.1, 0.15) is 63.2 Å². The van der Waals surface area contributed by atoms with E-state index in [-0.39, 0.29) is 22.9 Å². The molecule has 6 heteroatoms. The number of hydrogen-bond acceptors (Lipinski definition) is 6. The molecule has 0 spiro atoms. The van der Waals surface area contributed by atoms with E-state index in [1.54, 1.807) is 36.4 Å². The van der Waals surface area contributed by atoms with Crippen molar-refractivity contribution in [3.05, 3.63) is 83.4 Å². The van der Waals surface area contributed by atoms with Crippen molar-refractivity contribution in [2.75, 3.05) is 0 Å². The number of carbonyl (C=O) groups excluding carboxylic acids is 2. The molecule has 2 aromatic heterocycles. The largest absolute Gasteiger partial charge is 0.418 e. The molecule has 2 heterocycles. The first kappa shape index (κ1) is 17.6. The van der Waals surface area contributed by atoms with Gasteiger partial charge in [-0.15, -0.1) is 0 Å². The van der Waals surface area contributed by atoms with Crippen LogP contribution in [-0.4, -0.2) is 21.9 Å². The number of aromatic nitrogens is 2. The number of ether oxygens (including phenoxy) is 2. The third-order valence-corrected chi connectivity index (χ3v) is 5.62. The second-order valence-corrected chi connectivity index (χ2v) is 7.34. The van der Waals surface area contributed by atoms with Gasteiger partial charge in [-0.25, -0.2) is 19.6 Å². The average Bonchev–Trinajstić information content (AvgIpc) is 3.37. The lowest BCUT2D eigenvalue weighted by Gasteiger charge is -2.19. The highest BCUT2D eigenvalue weighted by Gasteiger charge is 2.38. The summed E-state index contributed by atoms with van der Waals surface area (Å²) in [5.41, 5.74) is 2.75. The van der Waals surface area contributed by atoms with Gasteiger partial charge in [-0.05, 0) is 78.6 Å². The smallest absolute Gasteiger partial charge is 0.362 e. The van der Waals surface area contributed by atoms with E-state index < -0.39 is 11.9 Å². The Hall–Kier alpha value is -3.54. The van der Waals surface area contributed by atoms with Crippen LogP contribution in [0.25, 0.3) is 0 Å². The Morgan fingerprint density at radius 3 is 1.66 bits per heavy atom. The summed E-state index contributed by atoms with van der Waals surface area (Å²) in [6, 6.07) is 13.7. The Morgan fingerprint density at radius 2 is 1.24 bits per heavy atom. The van der Waals surface area contributed by atoms with Crippen molar-refractivity contribution in [2.24, 2.45) is 0 Å². The molecule has 1 fully saturated rings. The molecule has 6 nitrogen and oxygen atoms in total. The molecule has 3 aromatic rings. The standard InChI is InChI=1S/C23H18N2O4/c26-22(18-5-1-3-9-24-18)28-20-12-16-14-7-8-15(11-14)17(16)13-21(20)29-23(27)19-6-2-4-10-25-19/h1-6,9-10,12-15H,7-8,11H2. The lowest BCUT2D eigenvalue weighted by Crippen LogP contribution is -2.15. The molecule has 0 saturated heterocycles. The van der Waals surface area contributed by atoms with Crippen LogP contribution < -0.4 is 9.47 Å². The quantitative estimate of drug-likeness (QED) is 0.492. The predicted molar refractivity (Wildman–Crippen MR) is 104 cm³/mol. The van der Waals surface area contributed by atoms with E-state index in [1.807, 2.05) is 12.1 Å². The van der Waals surface area contributed by atoms with Crippen LogP contribution in [0.15, 0.2) is 60.9 Å². The van der Waals surface area contributed by atoms with Gasteiger partial charge >= 0.3 is 11.9 Å². The minimum atomic E-state index is -0.594. The second-order valence-electron chi connectivity index (χ2n) is 7.34. The molecule has 2 aliphatic rings. The van der Waals surface area contributed by atoms with E-state index in [0.717, 1.165) is 19.3 Å². The van der Waals surface area contributed by atoms with Crippen molar-refractivity contribution < 1.29 is 19.1 Å². The summed E-state index contributed by atoms with van der Waals surface area (Å²) in [6.45, 7) is 0. The maximum Gasteiger partial charge on any atom is 0.362 e. The molecule has 0 N–H and O–H groups in total. The summed E-state index contributed by atoms with van der Waals surface area (Å²) >= 11 is 0. The van der Waals surface area contributed by atoms with E-state index in [4.69, 9.17) is 9.47 Å². The van der Waals surface area contributed by atoms with E-state index in [9.17, 15) is 9.59 Å². The third kappa shape index (κ3) is 3.27. The van der Waals surface area contributed by atoms with Gasteiger partial charge in [0.1, 0.15) is 11.4 Å². The lowest BCUT2D eigenvalue weighted by molar-refractivity contribution is 0.0676. The molecule has 2 unspecified atom stereocenters. The SMILES string of the molecule is O=C(Oc1cc2c(cc1OC(=O)c1ccccn1)C1CCC2C1)c1ccccn1. The van der Waals surface area contributed by atoms with Crippen LogP contribution in [0.2, 0.25) is 0 Å². The Labute approximate surface area is 167 Å². The Kier molecular flexibility index (Phi) is 4.31. The number of esters is 2. The number of rotatable bonds is 4. The molecular weight excluding hydrogens is 368 g/mol. The normalized spacial score (nSPS) is 18.9.